The second kappa shape index (κ2) is 14.5. The largest absolute Gasteiger partial charge is 0.506 e. The van der Waals surface area contributed by atoms with Crippen molar-refractivity contribution in [2.24, 2.45) is 0 Å². The van der Waals surface area contributed by atoms with Crippen LogP contribution in [-0.2, 0) is 24.1 Å². The smallest absolute Gasteiger partial charge is 0.166 e. The monoisotopic (exact) mass is 1030 g/mol. The third-order valence-corrected chi connectivity index (χ3v) is 11.3. The Balaban J connectivity index is 1.35. The molecule has 0 heterocycles. The maximum Gasteiger partial charge on any atom is 0.166 e. The quantitative estimate of drug-likeness (QED) is 0.114. The Bertz CT molecular complexity index is 1590. The number of phenolic OH excluding ortho intramolecular Hbond substituents is 2. The first-order valence-corrected chi connectivity index (χ1v) is 18.0. The Morgan fingerprint density at radius 3 is 1.29 bits per heavy atom. The molecule has 0 aliphatic rings. The number of phenols is 2. The first-order chi connectivity index (χ1) is 20.2. The van der Waals surface area contributed by atoms with E-state index in [9.17, 15) is 14.6 Å². The molecule has 0 saturated carbocycles. The molecule has 0 unspecified atom stereocenters. The van der Waals surface area contributed by atoms with Gasteiger partial charge >= 0.3 is 0 Å². The Kier molecular flexibility index (Phi) is 11.0. The minimum atomic E-state index is -0.501. The van der Waals surface area contributed by atoms with Gasteiger partial charge < -0.3 is 19.7 Å². The lowest BCUT2D eigenvalue weighted by molar-refractivity contribution is 0.298. The number of halogens is 5. The average molecular weight is 1030 g/mol. The van der Waals surface area contributed by atoms with Gasteiger partial charge in [0, 0.05) is 18.3 Å². The molecular formula is C32H22FI4O4S+. The van der Waals surface area contributed by atoms with E-state index >= 15 is 0 Å². The van der Waals surface area contributed by atoms with Gasteiger partial charge in [0.1, 0.15) is 42.0 Å². The minimum absolute atomic E-state index is 0.239. The Labute approximate surface area is 301 Å². The van der Waals surface area contributed by atoms with Crippen molar-refractivity contribution in [1.82, 2.24) is 0 Å². The molecule has 0 aromatic heterocycles. The molecule has 0 aliphatic carbocycles. The van der Waals surface area contributed by atoms with E-state index < -0.39 is 10.9 Å². The van der Waals surface area contributed by atoms with Crippen molar-refractivity contribution in [2.45, 2.75) is 27.9 Å². The van der Waals surface area contributed by atoms with Crippen LogP contribution < -0.4 is 9.47 Å². The van der Waals surface area contributed by atoms with Crippen LogP contribution in [0, 0.1) is 20.1 Å². The molecule has 0 aliphatic heterocycles. The first-order valence-electron chi connectivity index (χ1n) is 12.5. The van der Waals surface area contributed by atoms with Crippen LogP contribution in [0.4, 0.5) is 4.39 Å². The lowest BCUT2D eigenvalue weighted by Crippen LogP contribution is -2.05. The minimum Gasteiger partial charge on any atom is -0.506 e. The van der Waals surface area contributed by atoms with Crippen LogP contribution in [0.2, 0.25) is 0 Å². The van der Waals surface area contributed by atoms with E-state index in [0.717, 1.165) is 40.1 Å². The van der Waals surface area contributed by atoms with Gasteiger partial charge in [-0.15, -0.1) is 0 Å². The lowest BCUT2D eigenvalue weighted by atomic mass is 10.2. The number of aromatic hydroxyl groups is 2. The van der Waals surface area contributed by atoms with Crippen molar-refractivity contribution >= 4 is 101 Å². The number of ether oxygens (including phenoxy) is 2. The van der Waals surface area contributed by atoms with E-state index in [4.69, 9.17) is 9.47 Å². The van der Waals surface area contributed by atoms with E-state index in [0.29, 0.717) is 11.5 Å². The van der Waals surface area contributed by atoms with Gasteiger partial charge in [-0.1, -0.05) is 0 Å². The van der Waals surface area contributed by atoms with Gasteiger partial charge in [0.25, 0.3) is 0 Å². The number of hydrogen-bond acceptors (Lipinski definition) is 4. The zero-order chi connectivity index (χ0) is 29.8. The number of hydrogen-bond donors (Lipinski definition) is 2. The van der Waals surface area contributed by atoms with Crippen LogP contribution in [-0.4, -0.2) is 10.2 Å². The average Bonchev–Trinajstić information content (AvgIpc) is 2.97. The van der Waals surface area contributed by atoms with E-state index in [1.54, 1.807) is 0 Å². The highest BCUT2D eigenvalue weighted by atomic mass is 127. The molecule has 0 fully saturated rings. The van der Waals surface area contributed by atoms with Gasteiger partial charge in [0.05, 0.1) is 18.0 Å². The van der Waals surface area contributed by atoms with Crippen molar-refractivity contribution in [2.75, 3.05) is 0 Å². The summed E-state index contributed by atoms with van der Waals surface area (Å²) in [7, 11) is -0.501. The Morgan fingerprint density at radius 1 is 0.548 bits per heavy atom. The molecule has 10 heteroatoms. The molecule has 0 radical (unpaired) electrons. The van der Waals surface area contributed by atoms with Gasteiger partial charge in [-0.05, 0) is 187 Å². The molecule has 42 heavy (non-hydrogen) atoms. The second-order valence-corrected chi connectivity index (χ2v) is 15.9. The molecule has 5 rings (SSSR count). The third-order valence-electron chi connectivity index (χ3n) is 6.17. The summed E-state index contributed by atoms with van der Waals surface area (Å²) in [5.74, 6) is 1.57. The molecule has 0 spiro atoms. The van der Waals surface area contributed by atoms with Gasteiger partial charge in [-0.25, -0.2) is 4.39 Å². The fraction of sp³-hybridized carbons (Fsp3) is 0.0625. The molecule has 214 valence electrons. The predicted octanol–water partition coefficient (Wildman–Crippen LogP) is 9.91. The maximum absolute atomic E-state index is 13.8. The van der Waals surface area contributed by atoms with E-state index in [1.165, 1.54) is 12.1 Å². The fourth-order valence-corrected chi connectivity index (χ4v) is 10.1. The molecule has 0 saturated heterocycles. The highest BCUT2D eigenvalue weighted by Gasteiger charge is 2.29. The predicted molar refractivity (Wildman–Crippen MR) is 197 cm³/mol. The normalized spacial score (nSPS) is 11.1. The molecule has 4 nitrogen and oxygen atoms in total. The van der Waals surface area contributed by atoms with Gasteiger partial charge in [-0.2, -0.15) is 0 Å². The molecule has 0 bridgehead atoms. The van der Waals surface area contributed by atoms with Crippen molar-refractivity contribution in [3.8, 4) is 23.0 Å². The van der Waals surface area contributed by atoms with Gasteiger partial charge in [0.2, 0.25) is 0 Å². The van der Waals surface area contributed by atoms with Crippen LogP contribution in [0.1, 0.15) is 11.1 Å². The summed E-state index contributed by atoms with van der Waals surface area (Å²) in [4.78, 5) is 3.08. The fourth-order valence-electron chi connectivity index (χ4n) is 4.10. The van der Waals surface area contributed by atoms with E-state index in [2.05, 4.69) is 90.4 Å². The molecular weight excluding hydrogens is 1010 g/mol. The third kappa shape index (κ3) is 7.95. The summed E-state index contributed by atoms with van der Waals surface area (Å²) in [6.45, 7) is 0.504. The first kappa shape index (κ1) is 31.9. The molecule has 5 aromatic carbocycles. The summed E-state index contributed by atoms with van der Waals surface area (Å²) in [5.41, 5.74) is 1.46. The van der Waals surface area contributed by atoms with E-state index in [1.807, 2.05) is 84.9 Å². The van der Waals surface area contributed by atoms with Crippen LogP contribution in [0.25, 0.3) is 0 Å². The highest BCUT2D eigenvalue weighted by molar-refractivity contribution is 14.1. The van der Waals surface area contributed by atoms with Crippen LogP contribution in [0.5, 0.6) is 23.0 Å². The summed E-state index contributed by atoms with van der Waals surface area (Å²) >= 11 is 8.68. The van der Waals surface area contributed by atoms with Crippen LogP contribution in [0.15, 0.2) is 112 Å². The zero-order valence-electron chi connectivity index (χ0n) is 21.7. The van der Waals surface area contributed by atoms with E-state index in [-0.39, 0.29) is 30.5 Å². The van der Waals surface area contributed by atoms with Crippen molar-refractivity contribution in [1.29, 1.82) is 0 Å². The second-order valence-electron chi connectivity index (χ2n) is 9.07. The summed E-state index contributed by atoms with van der Waals surface area (Å²) in [6.07, 6.45) is 0. The zero-order valence-corrected chi connectivity index (χ0v) is 31.1. The lowest BCUT2D eigenvalue weighted by Gasteiger charge is -2.12. The standard InChI is InChI=1S/C32H21FI4O4S/c33-21-1-7-26(8-2-21)42(27-9-3-24(4-10-27)40-17-19-13-22(34)15-29(36)31(19)38)28-11-5-25(6-12-28)41-18-20-14-23(35)16-30(37)32(20)39/h1-16H,17-18H2,(H-,38,39)/p+1. The summed E-state index contributed by atoms with van der Waals surface area (Å²) in [5, 5.41) is 20.8. The SMILES string of the molecule is Oc1c(I)cc(I)cc1COc1ccc([S+](c2ccc(F)cc2)c2ccc(OCc3cc(I)cc(I)c3O)cc2)cc1. The Morgan fingerprint density at radius 2 is 0.905 bits per heavy atom. The molecule has 0 amide bonds. The maximum atomic E-state index is 13.8. The highest BCUT2D eigenvalue weighted by Crippen LogP contribution is 2.35. The molecule has 2 N–H and O–H groups in total. The van der Waals surface area contributed by atoms with Gasteiger partial charge in [-0.3, -0.25) is 0 Å². The topological polar surface area (TPSA) is 58.9 Å². The van der Waals surface area contributed by atoms with Crippen LogP contribution >= 0.6 is 90.4 Å². The summed E-state index contributed by atoms with van der Waals surface area (Å²) < 4.78 is 29.4. The summed E-state index contributed by atoms with van der Waals surface area (Å²) in [6, 6.07) is 30.0. The van der Waals surface area contributed by atoms with Crippen LogP contribution in [0.3, 0.4) is 0 Å². The van der Waals surface area contributed by atoms with Crippen molar-refractivity contribution in [3.05, 3.63) is 128 Å². The molecule has 0 atom stereocenters. The number of rotatable bonds is 9. The molecule has 5 aromatic rings. The van der Waals surface area contributed by atoms with Crippen molar-refractivity contribution < 1.29 is 24.1 Å². The number of benzene rings is 5. The van der Waals surface area contributed by atoms with Crippen molar-refractivity contribution in [3.63, 3.8) is 0 Å². The van der Waals surface area contributed by atoms with Gasteiger partial charge in [0.15, 0.2) is 14.7 Å². The Hall–Kier alpha value is -1.50.